The van der Waals surface area contributed by atoms with E-state index in [9.17, 15) is 9.59 Å². The van der Waals surface area contributed by atoms with Crippen molar-refractivity contribution in [3.63, 3.8) is 0 Å². The molecule has 1 atom stereocenters. The van der Waals surface area contributed by atoms with Crippen LogP contribution in [0.15, 0.2) is 12.7 Å². The number of hydrogen-bond donors (Lipinski definition) is 1. The van der Waals surface area contributed by atoms with Gasteiger partial charge in [-0.3, -0.25) is 0 Å². The Labute approximate surface area is 112 Å². The second-order valence-corrected chi connectivity index (χ2v) is 5.62. The van der Waals surface area contributed by atoms with Crippen LogP contribution in [0.3, 0.4) is 0 Å². The molecule has 18 heavy (non-hydrogen) atoms. The molecule has 0 bridgehead atoms. The first-order valence-electron chi connectivity index (χ1n) is 5.56. The molecule has 0 aromatic heterocycles. The van der Waals surface area contributed by atoms with E-state index in [0.717, 1.165) is 0 Å². The maximum atomic E-state index is 11.6. The zero-order valence-corrected chi connectivity index (χ0v) is 12.1. The highest BCUT2D eigenvalue weighted by atomic mass is 32.2. The standard InChI is InChI=1S/C12H21NO4S/c1-6-7-18-8-9(10(14)16-5)13-11(15)17-12(2,3)4/h6,9H,1,7-8H2,2-5H3,(H,13,15)/t9-/m1/s1. The molecular formula is C12H21NO4S. The molecule has 0 rings (SSSR count). The van der Waals surface area contributed by atoms with E-state index in [0.29, 0.717) is 11.5 Å². The van der Waals surface area contributed by atoms with Gasteiger partial charge in [-0.05, 0) is 20.8 Å². The molecule has 0 radical (unpaired) electrons. The Morgan fingerprint density at radius 2 is 2.06 bits per heavy atom. The third-order valence-corrected chi connectivity index (χ3v) is 2.74. The smallest absolute Gasteiger partial charge is 0.408 e. The van der Waals surface area contributed by atoms with E-state index in [2.05, 4.69) is 16.6 Å². The Morgan fingerprint density at radius 3 is 2.50 bits per heavy atom. The molecule has 1 amide bonds. The topological polar surface area (TPSA) is 64.6 Å². The summed E-state index contributed by atoms with van der Waals surface area (Å²) in [4.78, 5) is 23.0. The van der Waals surface area contributed by atoms with Gasteiger partial charge in [-0.15, -0.1) is 6.58 Å². The van der Waals surface area contributed by atoms with Crippen LogP contribution in [0.4, 0.5) is 4.79 Å². The van der Waals surface area contributed by atoms with Gasteiger partial charge in [0.2, 0.25) is 0 Å². The summed E-state index contributed by atoms with van der Waals surface area (Å²) < 4.78 is 9.71. The van der Waals surface area contributed by atoms with E-state index >= 15 is 0 Å². The molecule has 1 N–H and O–H groups in total. The zero-order valence-electron chi connectivity index (χ0n) is 11.3. The van der Waals surface area contributed by atoms with E-state index in [-0.39, 0.29) is 0 Å². The third kappa shape index (κ3) is 8.00. The van der Waals surface area contributed by atoms with E-state index in [1.807, 2.05) is 0 Å². The van der Waals surface area contributed by atoms with Crippen LogP contribution in [0.2, 0.25) is 0 Å². The van der Waals surface area contributed by atoms with Gasteiger partial charge in [-0.1, -0.05) is 6.08 Å². The van der Waals surface area contributed by atoms with Crippen LogP contribution in [-0.2, 0) is 14.3 Å². The number of methoxy groups -OCH3 is 1. The minimum Gasteiger partial charge on any atom is -0.467 e. The maximum absolute atomic E-state index is 11.6. The van der Waals surface area contributed by atoms with Crippen LogP contribution in [0.5, 0.6) is 0 Å². The molecule has 6 heteroatoms. The number of carbonyl (C=O) groups is 2. The molecule has 0 unspecified atom stereocenters. The first kappa shape index (κ1) is 16.8. The zero-order chi connectivity index (χ0) is 14.2. The molecule has 104 valence electrons. The predicted molar refractivity (Wildman–Crippen MR) is 72.7 cm³/mol. The fraction of sp³-hybridized carbons (Fsp3) is 0.667. The van der Waals surface area contributed by atoms with Crippen molar-refractivity contribution in [1.29, 1.82) is 0 Å². The summed E-state index contributed by atoms with van der Waals surface area (Å²) in [6.45, 7) is 8.85. The Hall–Kier alpha value is -1.17. The average Bonchev–Trinajstić information content (AvgIpc) is 2.24. The number of amides is 1. The second-order valence-electron chi connectivity index (χ2n) is 4.55. The van der Waals surface area contributed by atoms with Crippen LogP contribution in [-0.4, -0.2) is 42.3 Å². The minimum absolute atomic E-state index is 0.415. The second kappa shape index (κ2) is 8.02. The van der Waals surface area contributed by atoms with Crippen molar-refractivity contribution >= 4 is 23.8 Å². The van der Waals surface area contributed by atoms with E-state index < -0.39 is 23.7 Å². The fourth-order valence-corrected chi connectivity index (χ4v) is 1.79. The van der Waals surface area contributed by atoms with Gasteiger partial charge in [0.25, 0.3) is 0 Å². The van der Waals surface area contributed by atoms with Gasteiger partial charge in [0, 0.05) is 11.5 Å². The van der Waals surface area contributed by atoms with Crippen LogP contribution >= 0.6 is 11.8 Å². The summed E-state index contributed by atoms with van der Waals surface area (Å²) in [7, 11) is 1.28. The number of rotatable bonds is 6. The first-order valence-corrected chi connectivity index (χ1v) is 6.71. The Morgan fingerprint density at radius 1 is 1.44 bits per heavy atom. The summed E-state index contributed by atoms with van der Waals surface area (Å²) in [6.07, 6.45) is 1.10. The summed E-state index contributed by atoms with van der Waals surface area (Å²) in [5.74, 6) is 0.624. The minimum atomic E-state index is -0.713. The Bertz CT molecular complexity index is 299. The molecule has 5 nitrogen and oxygen atoms in total. The van der Waals surface area contributed by atoms with Gasteiger partial charge in [0.1, 0.15) is 11.6 Å². The average molecular weight is 275 g/mol. The summed E-state index contributed by atoms with van der Waals surface area (Å²) in [5.41, 5.74) is -0.598. The molecule has 0 aromatic rings. The van der Waals surface area contributed by atoms with Gasteiger partial charge in [-0.25, -0.2) is 9.59 Å². The van der Waals surface area contributed by atoms with E-state index in [1.54, 1.807) is 26.8 Å². The maximum Gasteiger partial charge on any atom is 0.408 e. The molecule has 0 heterocycles. The number of carbonyl (C=O) groups excluding carboxylic acids is 2. The molecule has 0 spiro atoms. The van der Waals surface area contributed by atoms with Crippen molar-refractivity contribution in [3.05, 3.63) is 12.7 Å². The first-order chi connectivity index (χ1) is 8.30. The molecule has 0 saturated heterocycles. The van der Waals surface area contributed by atoms with Crippen molar-refractivity contribution in [3.8, 4) is 0 Å². The Balaban J connectivity index is 4.35. The van der Waals surface area contributed by atoms with E-state index in [1.165, 1.54) is 18.9 Å². The van der Waals surface area contributed by atoms with Gasteiger partial charge < -0.3 is 14.8 Å². The lowest BCUT2D eigenvalue weighted by molar-refractivity contribution is -0.142. The number of thioether (sulfide) groups is 1. The summed E-state index contributed by atoms with van der Waals surface area (Å²) in [5, 5.41) is 2.49. The molecule has 0 fully saturated rings. The highest BCUT2D eigenvalue weighted by molar-refractivity contribution is 7.99. The molecule has 0 saturated carbocycles. The van der Waals surface area contributed by atoms with Crippen molar-refractivity contribution in [2.24, 2.45) is 0 Å². The van der Waals surface area contributed by atoms with Gasteiger partial charge in [0.05, 0.1) is 7.11 Å². The van der Waals surface area contributed by atoms with Crippen molar-refractivity contribution in [2.45, 2.75) is 32.4 Å². The number of alkyl carbamates (subject to hydrolysis) is 1. The van der Waals surface area contributed by atoms with Gasteiger partial charge >= 0.3 is 12.1 Å². The number of ether oxygens (including phenoxy) is 2. The van der Waals surface area contributed by atoms with Gasteiger partial charge in [-0.2, -0.15) is 11.8 Å². The fourth-order valence-electron chi connectivity index (χ4n) is 1.03. The summed E-state index contributed by atoms with van der Waals surface area (Å²) >= 11 is 1.48. The SMILES string of the molecule is C=CCSC[C@@H](NC(=O)OC(C)(C)C)C(=O)OC. The molecule has 0 aromatic carbocycles. The largest absolute Gasteiger partial charge is 0.467 e. The quantitative estimate of drug-likeness (QED) is 0.456. The lowest BCUT2D eigenvalue weighted by atomic mass is 10.2. The number of nitrogens with one attached hydrogen (secondary N) is 1. The molecular weight excluding hydrogens is 254 g/mol. The van der Waals surface area contributed by atoms with Crippen LogP contribution in [0.1, 0.15) is 20.8 Å². The van der Waals surface area contributed by atoms with Crippen molar-refractivity contribution < 1.29 is 19.1 Å². The highest BCUT2D eigenvalue weighted by Gasteiger charge is 2.24. The van der Waals surface area contributed by atoms with Crippen LogP contribution in [0.25, 0.3) is 0 Å². The van der Waals surface area contributed by atoms with Crippen molar-refractivity contribution in [2.75, 3.05) is 18.6 Å². The number of esters is 1. The number of hydrogen-bond acceptors (Lipinski definition) is 5. The third-order valence-electron chi connectivity index (χ3n) is 1.70. The van der Waals surface area contributed by atoms with Crippen LogP contribution < -0.4 is 5.32 Å². The predicted octanol–water partition coefficient (Wildman–Crippen LogP) is 1.97. The lowest BCUT2D eigenvalue weighted by Gasteiger charge is -2.22. The molecule has 0 aliphatic carbocycles. The normalized spacial score (nSPS) is 12.4. The lowest BCUT2D eigenvalue weighted by Crippen LogP contribution is -2.45. The van der Waals surface area contributed by atoms with Crippen LogP contribution in [0, 0.1) is 0 Å². The summed E-state index contributed by atoms with van der Waals surface area (Å²) in [6, 6.07) is -0.713. The molecule has 0 aliphatic heterocycles. The van der Waals surface area contributed by atoms with E-state index in [4.69, 9.17) is 4.74 Å². The monoisotopic (exact) mass is 275 g/mol. The highest BCUT2D eigenvalue weighted by Crippen LogP contribution is 2.09. The molecule has 0 aliphatic rings. The van der Waals surface area contributed by atoms with Gasteiger partial charge in [0.15, 0.2) is 0 Å². The Kier molecular flexibility index (Phi) is 7.50. The van der Waals surface area contributed by atoms with Crippen molar-refractivity contribution in [1.82, 2.24) is 5.32 Å².